The molecule has 0 aromatic carbocycles. The lowest BCUT2D eigenvalue weighted by atomic mass is 10.1. The van der Waals surface area contributed by atoms with Crippen LogP contribution < -0.4 is 5.32 Å². The first-order valence-corrected chi connectivity index (χ1v) is 6.00. The maximum atomic E-state index is 11.9. The number of carbonyl (C=O) groups excluding carboxylic acids is 1. The summed E-state index contributed by atoms with van der Waals surface area (Å²) in [7, 11) is 5.71. The summed E-state index contributed by atoms with van der Waals surface area (Å²) in [5, 5.41) is 4.11. The lowest BCUT2D eigenvalue weighted by molar-refractivity contribution is -0.119. The molecule has 0 aliphatic carbocycles. The lowest BCUT2D eigenvalue weighted by Crippen LogP contribution is -2.34. The zero-order chi connectivity index (χ0) is 11.4. The molecule has 1 aliphatic heterocycles. The molecule has 1 heterocycles. The van der Waals surface area contributed by atoms with E-state index in [2.05, 4.69) is 10.3 Å². The predicted octanol–water partition coefficient (Wildman–Crippen LogP) is 0.586. The fourth-order valence-electron chi connectivity index (χ4n) is 1.46. The normalized spacial score (nSPS) is 28.5. The highest BCUT2D eigenvalue weighted by molar-refractivity contribution is 8.15. The van der Waals surface area contributed by atoms with Crippen molar-refractivity contribution in [1.82, 2.24) is 10.2 Å². The molecule has 5 heteroatoms. The molecule has 1 fully saturated rings. The third-order valence-electron chi connectivity index (χ3n) is 2.37. The van der Waals surface area contributed by atoms with Crippen LogP contribution in [0.4, 0.5) is 0 Å². The van der Waals surface area contributed by atoms with Gasteiger partial charge in [0.05, 0.1) is 5.25 Å². The number of aliphatic imine (C=N–C) groups is 1. The summed E-state index contributed by atoms with van der Waals surface area (Å²) in [6.45, 7) is 2.85. The van der Waals surface area contributed by atoms with E-state index in [4.69, 9.17) is 0 Å². The van der Waals surface area contributed by atoms with E-state index in [9.17, 15) is 4.79 Å². The molecule has 4 nitrogen and oxygen atoms in total. The zero-order valence-corrected chi connectivity index (χ0v) is 10.6. The van der Waals surface area contributed by atoms with E-state index in [-0.39, 0.29) is 11.3 Å². The zero-order valence-electron chi connectivity index (χ0n) is 9.78. The Labute approximate surface area is 95.5 Å². The van der Waals surface area contributed by atoms with Crippen LogP contribution in [0.2, 0.25) is 0 Å². The molecule has 1 rings (SSSR count). The van der Waals surface area contributed by atoms with Gasteiger partial charge in [0.15, 0.2) is 5.17 Å². The van der Waals surface area contributed by atoms with E-state index in [1.807, 2.05) is 25.9 Å². The third kappa shape index (κ3) is 3.50. The van der Waals surface area contributed by atoms with E-state index in [0.717, 1.165) is 11.7 Å². The van der Waals surface area contributed by atoms with Gasteiger partial charge in [-0.25, -0.2) is 0 Å². The number of carbonyl (C=O) groups is 1. The van der Waals surface area contributed by atoms with Crippen molar-refractivity contribution in [2.75, 3.05) is 27.7 Å². The third-order valence-corrected chi connectivity index (χ3v) is 3.82. The molecular formula is C10H19N3OS. The molecular weight excluding hydrogens is 210 g/mol. The average molecular weight is 229 g/mol. The Hall–Kier alpha value is -0.550. The first kappa shape index (κ1) is 12.5. The standard InChI is InChI=1S/C10H19N3OS/c1-7-9(15-10(11-2)12-7)8(14)5-6-13(3)4/h7,9H,5-6H2,1-4H3,(H,11,12). The highest BCUT2D eigenvalue weighted by atomic mass is 32.2. The number of thioether (sulfide) groups is 1. The number of ketones is 1. The molecule has 1 N–H and O–H groups in total. The maximum absolute atomic E-state index is 11.9. The van der Waals surface area contributed by atoms with Crippen molar-refractivity contribution in [3.63, 3.8) is 0 Å². The number of hydrogen-bond acceptors (Lipinski definition) is 4. The van der Waals surface area contributed by atoms with E-state index >= 15 is 0 Å². The second kappa shape index (κ2) is 5.51. The number of nitrogens with one attached hydrogen (secondary N) is 1. The first-order valence-electron chi connectivity index (χ1n) is 5.12. The topological polar surface area (TPSA) is 44.7 Å². The van der Waals surface area contributed by atoms with Gasteiger partial charge >= 0.3 is 0 Å². The van der Waals surface area contributed by atoms with Crippen LogP contribution in [0.5, 0.6) is 0 Å². The minimum absolute atomic E-state index is 0.0312. The van der Waals surface area contributed by atoms with E-state index in [0.29, 0.717) is 12.2 Å². The molecule has 15 heavy (non-hydrogen) atoms. The van der Waals surface area contributed by atoms with Gasteiger partial charge < -0.3 is 10.2 Å². The summed E-state index contributed by atoms with van der Waals surface area (Å²) < 4.78 is 0. The van der Waals surface area contributed by atoms with E-state index in [1.165, 1.54) is 0 Å². The Bertz CT molecular complexity index is 265. The summed E-state index contributed by atoms with van der Waals surface area (Å²) in [4.78, 5) is 18.0. The van der Waals surface area contributed by atoms with Crippen LogP contribution in [0.25, 0.3) is 0 Å². The fraction of sp³-hybridized carbons (Fsp3) is 0.800. The summed E-state index contributed by atoms with van der Waals surface area (Å²) in [6.07, 6.45) is 0.619. The molecule has 0 spiro atoms. The molecule has 0 radical (unpaired) electrons. The largest absolute Gasteiger partial charge is 0.361 e. The number of amidine groups is 1. The number of nitrogens with zero attached hydrogens (tertiary/aromatic N) is 2. The Balaban J connectivity index is 2.46. The predicted molar refractivity (Wildman–Crippen MR) is 65.5 cm³/mol. The van der Waals surface area contributed by atoms with Gasteiger partial charge in [0.25, 0.3) is 0 Å². The fourth-order valence-corrected chi connectivity index (χ4v) is 2.59. The van der Waals surface area contributed by atoms with Crippen molar-refractivity contribution in [2.45, 2.75) is 24.6 Å². The Morgan fingerprint density at radius 2 is 2.27 bits per heavy atom. The molecule has 0 aromatic heterocycles. The van der Waals surface area contributed by atoms with Gasteiger partial charge in [0.1, 0.15) is 5.78 Å². The molecule has 0 saturated carbocycles. The Morgan fingerprint density at radius 1 is 1.60 bits per heavy atom. The SMILES string of the molecule is CN=C1NC(C)C(C(=O)CCN(C)C)S1. The molecule has 86 valence electrons. The van der Waals surface area contributed by atoms with Crippen molar-refractivity contribution in [2.24, 2.45) is 4.99 Å². The molecule has 0 bridgehead atoms. The van der Waals surface area contributed by atoms with Crippen molar-refractivity contribution in [1.29, 1.82) is 0 Å². The van der Waals surface area contributed by atoms with Crippen molar-refractivity contribution < 1.29 is 4.79 Å². The number of rotatable bonds is 4. The number of Topliss-reactive ketones (excluding diaryl/α,β-unsaturated/α-hetero) is 1. The van der Waals surface area contributed by atoms with Gasteiger partial charge in [0, 0.05) is 26.1 Å². The highest BCUT2D eigenvalue weighted by Gasteiger charge is 2.33. The van der Waals surface area contributed by atoms with Gasteiger partial charge in [-0.05, 0) is 21.0 Å². The molecule has 2 unspecified atom stereocenters. The van der Waals surface area contributed by atoms with Crippen molar-refractivity contribution in [3.05, 3.63) is 0 Å². The highest BCUT2D eigenvalue weighted by Crippen LogP contribution is 2.24. The minimum Gasteiger partial charge on any atom is -0.361 e. The van der Waals surface area contributed by atoms with Gasteiger partial charge in [0.2, 0.25) is 0 Å². The van der Waals surface area contributed by atoms with Gasteiger partial charge in [-0.1, -0.05) is 11.8 Å². The number of hydrogen-bond donors (Lipinski definition) is 1. The first-order chi connectivity index (χ1) is 7.04. The second-order valence-corrected chi connectivity index (χ2v) is 5.15. The minimum atomic E-state index is 0.0312. The average Bonchev–Trinajstić information content (AvgIpc) is 2.56. The second-order valence-electron chi connectivity index (χ2n) is 4.02. The smallest absolute Gasteiger partial charge is 0.157 e. The summed E-state index contributed by atoms with van der Waals surface area (Å²) in [5.41, 5.74) is 0. The van der Waals surface area contributed by atoms with Gasteiger partial charge in [-0.2, -0.15) is 0 Å². The van der Waals surface area contributed by atoms with Gasteiger partial charge in [-0.3, -0.25) is 9.79 Å². The van der Waals surface area contributed by atoms with Crippen LogP contribution in [-0.2, 0) is 4.79 Å². The molecule has 1 saturated heterocycles. The van der Waals surface area contributed by atoms with Crippen molar-refractivity contribution >= 4 is 22.7 Å². The van der Waals surface area contributed by atoms with Crippen LogP contribution in [0.1, 0.15) is 13.3 Å². The molecule has 2 atom stereocenters. The van der Waals surface area contributed by atoms with Gasteiger partial charge in [-0.15, -0.1) is 0 Å². The molecule has 0 aromatic rings. The van der Waals surface area contributed by atoms with E-state index < -0.39 is 0 Å². The van der Waals surface area contributed by atoms with Crippen LogP contribution in [0, 0.1) is 0 Å². The van der Waals surface area contributed by atoms with E-state index in [1.54, 1.807) is 18.8 Å². The monoisotopic (exact) mass is 229 g/mol. The summed E-state index contributed by atoms with van der Waals surface area (Å²) in [5.74, 6) is 0.312. The maximum Gasteiger partial charge on any atom is 0.157 e. The van der Waals surface area contributed by atoms with Crippen LogP contribution in [0.15, 0.2) is 4.99 Å². The summed E-state index contributed by atoms with van der Waals surface area (Å²) >= 11 is 1.55. The molecule has 0 amide bonds. The Morgan fingerprint density at radius 3 is 2.73 bits per heavy atom. The van der Waals surface area contributed by atoms with Crippen LogP contribution >= 0.6 is 11.8 Å². The van der Waals surface area contributed by atoms with Crippen molar-refractivity contribution in [3.8, 4) is 0 Å². The quantitative estimate of drug-likeness (QED) is 0.766. The summed E-state index contributed by atoms with van der Waals surface area (Å²) in [6, 6.07) is 0.198. The molecule has 1 aliphatic rings. The lowest BCUT2D eigenvalue weighted by Gasteiger charge is -2.14. The Kier molecular flexibility index (Phi) is 4.60. The van der Waals surface area contributed by atoms with Crippen LogP contribution in [-0.4, -0.2) is 54.8 Å². The van der Waals surface area contributed by atoms with Crippen LogP contribution in [0.3, 0.4) is 0 Å².